The van der Waals surface area contributed by atoms with Crippen molar-refractivity contribution in [1.29, 1.82) is 0 Å². The van der Waals surface area contributed by atoms with Gasteiger partial charge in [-0.3, -0.25) is 4.79 Å². The van der Waals surface area contributed by atoms with Gasteiger partial charge < -0.3 is 15.6 Å². The quantitative estimate of drug-likeness (QED) is 0.877. The van der Waals surface area contributed by atoms with Crippen molar-refractivity contribution in [2.75, 3.05) is 0 Å². The van der Waals surface area contributed by atoms with Gasteiger partial charge in [0.25, 0.3) is 5.91 Å². The minimum Gasteiger partial charge on any atom is -0.478 e. The van der Waals surface area contributed by atoms with Gasteiger partial charge in [0.1, 0.15) is 5.75 Å². The maximum absolute atomic E-state index is 11.3. The van der Waals surface area contributed by atoms with Gasteiger partial charge in [-0.25, -0.2) is 9.78 Å². The Balaban J connectivity index is 2.42. The van der Waals surface area contributed by atoms with E-state index in [1.807, 2.05) is 6.92 Å². The number of hydrogen-bond acceptors (Lipinski definition) is 4. The van der Waals surface area contributed by atoms with Crippen molar-refractivity contribution in [1.82, 2.24) is 4.98 Å². The standard InChI is InChI=1S/C15H14N2O4/c1-2-10-7-9(15(19)20)8-13(17-10)21-12-6-4-3-5-11(12)14(16)18/h3-8H,2H2,1H3,(H2,16,18)(H,19,20). The molecule has 0 atom stereocenters. The molecule has 6 nitrogen and oxygen atoms in total. The fourth-order valence-corrected chi connectivity index (χ4v) is 1.79. The molecule has 1 aromatic carbocycles. The molecule has 0 aliphatic carbocycles. The second-order valence-electron chi connectivity index (χ2n) is 4.31. The van der Waals surface area contributed by atoms with Crippen LogP contribution in [0, 0.1) is 0 Å². The summed E-state index contributed by atoms with van der Waals surface area (Å²) in [6, 6.07) is 9.23. The molecule has 0 bridgehead atoms. The van der Waals surface area contributed by atoms with E-state index in [1.54, 1.807) is 18.2 Å². The van der Waals surface area contributed by atoms with Crippen molar-refractivity contribution in [3.63, 3.8) is 0 Å². The molecule has 0 saturated carbocycles. The average molecular weight is 286 g/mol. The first-order valence-electron chi connectivity index (χ1n) is 6.32. The van der Waals surface area contributed by atoms with Crippen LogP contribution in [0.4, 0.5) is 0 Å². The van der Waals surface area contributed by atoms with Crippen molar-refractivity contribution < 1.29 is 19.4 Å². The van der Waals surface area contributed by atoms with E-state index in [0.717, 1.165) is 0 Å². The second kappa shape index (κ2) is 6.04. The summed E-state index contributed by atoms with van der Waals surface area (Å²) in [5.41, 5.74) is 6.14. The first kappa shape index (κ1) is 14.5. The van der Waals surface area contributed by atoms with Crippen LogP contribution < -0.4 is 10.5 Å². The Hall–Kier alpha value is -2.89. The highest BCUT2D eigenvalue weighted by atomic mass is 16.5. The number of pyridine rings is 1. The highest BCUT2D eigenvalue weighted by Gasteiger charge is 2.13. The molecule has 0 radical (unpaired) electrons. The second-order valence-corrected chi connectivity index (χ2v) is 4.31. The van der Waals surface area contributed by atoms with Crippen LogP contribution in [0.15, 0.2) is 36.4 Å². The van der Waals surface area contributed by atoms with E-state index < -0.39 is 11.9 Å². The smallest absolute Gasteiger partial charge is 0.335 e. The van der Waals surface area contributed by atoms with Crippen LogP contribution in [0.25, 0.3) is 0 Å². The van der Waals surface area contributed by atoms with Gasteiger partial charge >= 0.3 is 5.97 Å². The normalized spacial score (nSPS) is 10.1. The fraction of sp³-hybridized carbons (Fsp3) is 0.133. The number of carbonyl (C=O) groups excluding carboxylic acids is 1. The monoisotopic (exact) mass is 286 g/mol. The largest absolute Gasteiger partial charge is 0.478 e. The first-order valence-corrected chi connectivity index (χ1v) is 6.32. The molecule has 1 heterocycles. The molecule has 0 fully saturated rings. The van der Waals surface area contributed by atoms with Crippen LogP contribution in [0.3, 0.4) is 0 Å². The topological polar surface area (TPSA) is 103 Å². The molecule has 6 heteroatoms. The molecule has 3 N–H and O–H groups in total. The van der Waals surface area contributed by atoms with Crippen molar-refractivity contribution in [2.24, 2.45) is 5.73 Å². The minimum absolute atomic E-state index is 0.0772. The molecule has 0 unspecified atom stereocenters. The number of para-hydroxylation sites is 1. The van der Waals surface area contributed by atoms with E-state index in [9.17, 15) is 9.59 Å². The van der Waals surface area contributed by atoms with E-state index >= 15 is 0 Å². The summed E-state index contributed by atoms with van der Waals surface area (Å²) >= 11 is 0. The molecule has 0 saturated heterocycles. The van der Waals surface area contributed by atoms with Crippen molar-refractivity contribution >= 4 is 11.9 Å². The molecule has 21 heavy (non-hydrogen) atoms. The summed E-state index contributed by atoms with van der Waals surface area (Å²) in [6.45, 7) is 1.86. The average Bonchev–Trinajstić information content (AvgIpc) is 2.47. The lowest BCUT2D eigenvalue weighted by Gasteiger charge is -2.10. The molecular formula is C15H14N2O4. The molecule has 0 spiro atoms. The summed E-state index contributed by atoms with van der Waals surface area (Å²) in [4.78, 5) is 26.6. The number of rotatable bonds is 5. The lowest BCUT2D eigenvalue weighted by molar-refractivity contribution is 0.0695. The number of carboxylic acid groups (broad SMARTS) is 1. The molecule has 2 aromatic rings. The number of aromatic nitrogens is 1. The lowest BCUT2D eigenvalue weighted by atomic mass is 10.2. The van der Waals surface area contributed by atoms with Crippen LogP contribution in [0.1, 0.15) is 33.3 Å². The molecule has 0 aliphatic heterocycles. The highest BCUT2D eigenvalue weighted by molar-refractivity contribution is 5.95. The van der Waals surface area contributed by atoms with Gasteiger partial charge in [0, 0.05) is 11.8 Å². The van der Waals surface area contributed by atoms with Crippen molar-refractivity contribution in [2.45, 2.75) is 13.3 Å². The Bertz CT molecular complexity index is 698. The van der Waals surface area contributed by atoms with E-state index in [2.05, 4.69) is 4.98 Å². The zero-order valence-electron chi connectivity index (χ0n) is 11.4. The van der Waals surface area contributed by atoms with Crippen LogP contribution in [0.2, 0.25) is 0 Å². The number of hydrogen-bond donors (Lipinski definition) is 2. The Kier molecular flexibility index (Phi) is 4.18. The third kappa shape index (κ3) is 3.36. The lowest BCUT2D eigenvalue weighted by Crippen LogP contribution is -2.12. The summed E-state index contributed by atoms with van der Waals surface area (Å²) in [5, 5.41) is 9.08. The zero-order valence-corrected chi connectivity index (χ0v) is 11.4. The molecule has 2 rings (SSSR count). The molecule has 108 valence electrons. The zero-order chi connectivity index (χ0) is 15.4. The number of ether oxygens (including phenoxy) is 1. The fourth-order valence-electron chi connectivity index (χ4n) is 1.79. The van der Waals surface area contributed by atoms with Crippen molar-refractivity contribution in [3.05, 3.63) is 53.2 Å². The third-order valence-electron chi connectivity index (χ3n) is 2.83. The van der Waals surface area contributed by atoms with Gasteiger partial charge in [0.2, 0.25) is 5.88 Å². The Morgan fingerprint density at radius 2 is 2.00 bits per heavy atom. The van der Waals surface area contributed by atoms with Crippen LogP contribution in [-0.2, 0) is 6.42 Å². The molecule has 0 aliphatic rings. The van der Waals surface area contributed by atoms with E-state index in [0.29, 0.717) is 12.1 Å². The number of benzene rings is 1. The van der Waals surface area contributed by atoms with Gasteiger partial charge in [-0.2, -0.15) is 0 Å². The van der Waals surface area contributed by atoms with E-state index in [1.165, 1.54) is 18.2 Å². The number of nitrogens with zero attached hydrogens (tertiary/aromatic N) is 1. The summed E-state index contributed by atoms with van der Waals surface area (Å²) < 4.78 is 5.53. The molecule has 1 aromatic heterocycles. The summed E-state index contributed by atoms with van der Waals surface area (Å²) in [7, 11) is 0. The Morgan fingerprint density at radius 3 is 2.62 bits per heavy atom. The van der Waals surface area contributed by atoms with Crippen LogP contribution >= 0.6 is 0 Å². The Labute approximate surface area is 121 Å². The molecular weight excluding hydrogens is 272 g/mol. The van der Waals surface area contributed by atoms with Crippen molar-refractivity contribution in [3.8, 4) is 11.6 Å². The summed E-state index contributed by atoms with van der Waals surface area (Å²) in [6.07, 6.45) is 0.564. The third-order valence-corrected chi connectivity index (χ3v) is 2.83. The number of aryl methyl sites for hydroxylation is 1. The summed E-state index contributed by atoms with van der Waals surface area (Å²) in [5.74, 6) is -1.35. The number of amides is 1. The Morgan fingerprint density at radius 1 is 1.29 bits per heavy atom. The van der Waals surface area contributed by atoms with Crippen LogP contribution in [0.5, 0.6) is 11.6 Å². The van der Waals surface area contributed by atoms with Gasteiger partial charge in [-0.05, 0) is 24.6 Å². The number of primary amides is 1. The van der Waals surface area contributed by atoms with Gasteiger partial charge in [-0.1, -0.05) is 19.1 Å². The van der Waals surface area contributed by atoms with E-state index in [-0.39, 0.29) is 22.8 Å². The number of nitrogens with two attached hydrogens (primary N) is 1. The predicted octanol–water partition coefficient (Wildman–Crippen LogP) is 2.23. The molecule has 1 amide bonds. The minimum atomic E-state index is -1.07. The van der Waals surface area contributed by atoms with Crippen LogP contribution in [-0.4, -0.2) is 22.0 Å². The predicted molar refractivity (Wildman–Crippen MR) is 75.6 cm³/mol. The van der Waals surface area contributed by atoms with Gasteiger partial charge in [0.15, 0.2) is 0 Å². The number of carbonyl (C=O) groups is 2. The maximum Gasteiger partial charge on any atom is 0.335 e. The number of carboxylic acids is 1. The van der Waals surface area contributed by atoms with Gasteiger partial charge in [0.05, 0.1) is 11.1 Å². The van der Waals surface area contributed by atoms with Gasteiger partial charge in [-0.15, -0.1) is 0 Å². The highest BCUT2D eigenvalue weighted by Crippen LogP contribution is 2.25. The first-order chi connectivity index (χ1) is 10.0. The van der Waals surface area contributed by atoms with E-state index in [4.69, 9.17) is 15.6 Å². The SMILES string of the molecule is CCc1cc(C(=O)O)cc(Oc2ccccc2C(N)=O)n1. The maximum atomic E-state index is 11.3. The number of aromatic carboxylic acids is 1.